The van der Waals surface area contributed by atoms with Gasteiger partial charge in [0.25, 0.3) is 0 Å². The first-order valence-corrected chi connectivity index (χ1v) is 6.29. The summed E-state index contributed by atoms with van der Waals surface area (Å²) >= 11 is 5.24. The SMILES string of the molecule is Cc1ccc2c(c1)C1NC(=S)NC(C)(O2)C1C. The first-order chi connectivity index (χ1) is 7.99. The summed E-state index contributed by atoms with van der Waals surface area (Å²) in [5.41, 5.74) is 2.04. The van der Waals surface area contributed by atoms with Gasteiger partial charge in [-0.1, -0.05) is 24.6 Å². The summed E-state index contributed by atoms with van der Waals surface area (Å²) < 4.78 is 6.09. The third kappa shape index (κ3) is 1.51. The normalized spacial score (nSPS) is 34.2. The van der Waals surface area contributed by atoms with Crippen molar-refractivity contribution in [2.45, 2.75) is 32.5 Å². The van der Waals surface area contributed by atoms with E-state index in [-0.39, 0.29) is 6.04 Å². The second-order valence-electron chi connectivity index (χ2n) is 5.12. The van der Waals surface area contributed by atoms with Gasteiger partial charge in [-0.2, -0.15) is 0 Å². The maximum atomic E-state index is 6.09. The molecule has 1 saturated heterocycles. The molecule has 4 heteroatoms. The Morgan fingerprint density at radius 1 is 1.41 bits per heavy atom. The smallest absolute Gasteiger partial charge is 0.184 e. The van der Waals surface area contributed by atoms with Gasteiger partial charge in [-0.15, -0.1) is 0 Å². The molecule has 1 aromatic rings. The second kappa shape index (κ2) is 3.35. The standard InChI is InChI=1S/C13H16N2OS/c1-7-4-5-10-9(6-7)11-8(2)13(3,16-10)15-12(17)14-11/h4-6,8,11H,1-3H3,(H2,14,15,17). The average molecular weight is 248 g/mol. The lowest BCUT2D eigenvalue weighted by Crippen LogP contribution is -2.67. The zero-order valence-corrected chi connectivity index (χ0v) is 11.0. The number of hydrogen-bond donors (Lipinski definition) is 2. The maximum Gasteiger partial charge on any atom is 0.184 e. The fourth-order valence-electron chi connectivity index (χ4n) is 2.66. The molecular formula is C13H16N2OS. The van der Waals surface area contributed by atoms with Crippen molar-refractivity contribution in [3.8, 4) is 5.75 Å². The molecule has 17 heavy (non-hydrogen) atoms. The minimum atomic E-state index is -0.407. The summed E-state index contributed by atoms with van der Waals surface area (Å²) in [7, 11) is 0. The third-order valence-electron chi connectivity index (χ3n) is 3.84. The van der Waals surface area contributed by atoms with E-state index < -0.39 is 5.72 Å². The van der Waals surface area contributed by atoms with Crippen LogP contribution in [0.5, 0.6) is 5.75 Å². The van der Waals surface area contributed by atoms with Crippen LogP contribution in [-0.2, 0) is 0 Å². The number of nitrogens with one attached hydrogen (secondary N) is 2. The van der Waals surface area contributed by atoms with Crippen LogP contribution in [0.3, 0.4) is 0 Å². The number of benzene rings is 1. The molecule has 2 heterocycles. The Kier molecular flexibility index (Phi) is 2.14. The predicted molar refractivity (Wildman–Crippen MR) is 71.0 cm³/mol. The Balaban J connectivity index is 2.15. The van der Waals surface area contributed by atoms with E-state index in [0.717, 1.165) is 5.75 Å². The van der Waals surface area contributed by atoms with Crippen LogP contribution in [0.1, 0.15) is 31.0 Å². The van der Waals surface area contributed by atoms with Gasteiger partial charge in [-0.3, -0.25) is 0 Å². The molecule has 0 spiro atoms. The zero-order chi connectivity index (χ0) is 12.2. The number of ether oxygens (including phenoxy) is 1. The van der Waals surface area contributed by atoms with E-state index in [1.54, 1.807) is 0 Å². The molecule has 90 valence electrons. The fraction of sp³-hybridized carbons (Fsp3) is 0.462. The predicted octanol–water partition coefficient (Wildman–Crippen LogP) is 2.26. The van der Waals surface area contributed by atoms with Crippen LogP contribution in [0.2, 0.25) is 0 Å². The largest absolute Gasteiger partial charge is 0.468 e. The number of thiocarbonyl (C=S) groups is 1. The Morgan fingerprint density at radius 3 is 2.94 bits per heavy atom. The lowest BCUT2D eigenvalue weighted by atomic mass is 9.81. The van der Waals surface area contributed by atoms with E-state index in [1.807, 2.05) is 6.07 Å². The van der Waals surface area contributed by atoms with E-state index >= 15 is 0 Å². The van der Waals surface area contributed by atoms with Gasteiger partial charge < -0.3 is 15.4 Å². The van der Waals surface area contributed by atoms with Crippen LogP contribution in [-0.4, -0.2) is 10.8 Å². The van der Waals surface area contributed by atoms with E-state index in [9.17, 15) is 0 Å². The Morgan fingerprint density at radius 2 is 2.18 bits per heavy atom. The Bertz CT molecular complexity index is 502. The van der Waals surface area contributed by atoms with Crippen LogP contribution in [0.4, 0.5) is 0 Å². The average Bonchev–Trinajstić information content (AvgIpc) is 2.24. The van der Waals surface area contributed by atoms with Gasteiger partial charge >= 0.3 is 0 Å². The van der Waals surface area contributed by atoms with Crippen LogP contribution in [0.15, 0.2) is 18.2 Å². The molecule has 1 fully saturated rings. The minimum absolute atomic E-state index is 0.234. The number of fused-ring (bicyclic) bond motifs is 4. The summed E-state index contributed by atoms with van der Waals surface area (Å²) in [4.78, 5) is 0. The van der Waals surface area contributed by atoms with Crippen LogP contribution in [0.25, 0.3) is 0 Å². The number of aryl methyl sites for hydroxylation is 1. The molecule has 2 aliphatic heterocycles. The summed E-state index contributed by atoms with van der Waals surface area (Å²) in [6.07, 6.45) is 0. The van der Waals surface area contributed by atoms with Gasteiger partial charge in [0.2, 0.25) is 0 Å². The summed E-state index contributed by atoms with van der Waals surface area (Å²) in [6, 6.07) is 6.53. The lowest BCUT2D eigenvalue weighted by Gasteiger charge is -2.50. The van der Waals surface area contributed by atoms with Crippen molar-refractivity contribution in [3.05, 3.63) is 29.3 Å². The van der Waals surface area contributed by atoms with Crippen molar-refractivity contribution >= 4 is 17.3 Å². The first-order valence-electron chi connectivity index (χ1n) is 5.88. The number of hydrogen-bond acceptors (Lipinski definition) is 2. The highest BCUT2D eigenvalue weighted by molar-refractivity contribution is 7.80. The molecule has 0 amide bonds. The van der Waals surface area contributed by atoms with Crippen molar-refractivity contribution in [2.24, 2.45) is 5.92 Å². The van der Waals surface area contributed by atoms with E-state index in [0.29, 0.717) is 11.0 Å². The molecule has 1 aromatic carbocycles. The highest BCUT2D eigenvalue weighted by atomic mass is 32.1. The minimum Gasteiger partial charge on any atom is -0.468 e. The molecule has 3 atom stereocenters. The lowest BCUT2D eigenvalue weighted by molar-refractivity contribution is -0.0263. The molecule has 2 bridgehead atoms. The summed E-state index contributed by atoms with van der Waals surface area (Å²) in [6.45, 7) is 6.33. The Labute approximate surface area is 107 Å². The van der Waals surface area contributed by atoms with Gasteiger partial charge in [0, 0.05) is 11.5 Å². The van der Waals surface area contributed by atoms with Gasteiger partial charge in [-0.05, 0) is 32.1 Å². The molecule has 3 unspecified atom stereocenters. The highest BCUT2D eigenvalue weighted by Crippen LogP contribution is 2.44. The molecule has 0 saturated carbocycles. The molecule has 3 nitrogen and oxygen atoms in total. The quantitative estimate of drug-likeness (QED) is 0.690. The first kappa shape index (κ1) is 10.8. The van der Waals surface area contributed by atoms with Gasteiger partial charge in [-0.25, -0.2) is 0 Å². The van der Waals surface area contributed by atoms with Gasteiger partial charge in [0.05, 0.1) is 6.04 Å². The van der Waals surface area contributed by atoms with Crippen LogP contribution < -0.4 is 15.4 Å². The maximum absolute atomic E-state index is 6.09. The summed E-state index contributed by atoms with van der Waals surface area (Å²) in [5, 5.41) is 7.24. The van der Waals surface area contributed by atoms with Gasteiger partial charge in [0.15, 0.2) is 10.8 Å². The van der Waals surface area contributed by atoms with Gasteiger partial charge in [0.1, 0.15) is 5.75 Å². The molecule has 0 radical (unpaired) electrons. The number of rotatable bonds is 0. The fourth-order valence-corrected chi connectivity index (χ4v) is 2.99. The monoisotopic (exact) mass is 248 g/mol. The molecule has 3 rings (SSSR count). The van der Waals surface area contributed by atoms with Crippen molar-refractivity contribution in [2.75, 3.05) is 0 Å². The van der Waals surface area contributed by atoms with Crippen LogP contribution >= 0.6 is 12.2 Å². The van der Waals surface area contributed by atoms with Crippen molar-refractivity contribution in [3.63, 3.8) is 0 Å². The van der Waals surface area contributed by atoms with Crippen molar-refractivity contribution in [1.29, 1.82) is 0 Å². The van der Waals surface area contributed by atoms with Crippen LogP contribution in [0, 0.1) is 12.8 Å². The molecule has 0 aliphatic carbocycles. The van der Waals surface area contributed by atoms with Crippen molar-refractivity contribution < 1.29 is 4.74 Å². The summed E-state index contributed by atoms with van der Waals surface area (Å²) in [5.74, 6) is 1.27. The Hall–Kier alpha value is -1.29. The molecule has 0 aromatic heterocycles. The van der Waals surface area contributed by atoms with E-state index in [4.69, 9.17) is 17.0 Å². The topological polar surface area (TPSA) is 33.3 Å². The highest BCUT2D eigenvalue weighted by Gasteiger charge is 2.48. The zero-order valence-electron chi connectivity index (χ0n) is 10.2. The van der Waals surface area contributed by atoms with E-state index in [1.165, 1.54) is 11.1 Å². The third-order valence-corrected chi connectivity index (χ3v) is 4.06. The second-order valence-corrected chi connectivity index (χ2v) is 5.52. The van der Waals surface area contributed by atoms with E-state index in [2.05, 4.69) is 43.5 Å². The molecular weight excluding hydrogens is 232 g/mol. The molecule has 2 N–H and O–H groups in total. The molecule has 2 aliphatic rings. The van der Waals surface area contributed by atoms with Crippen molar-refractivity contribution in [1.82, 2.24) is 10.6 Å².